The summed E-state index contributed by atoms with van der Waals surface area (Å²) in [5.74, 6) is -0.125. The van der Waals surface area contributed by atoms with Crippen molar-refractivity contribution in [1.29, 1.82) is 0 Å². The Morgan fingerprint density at radius 1 is 1.00 bits per heavy atom. The van der Waals surface area contributed by atoms with Crippen LogP contribution in [0.1, 0.15) is 15.9 Å². The fourth-order valence-corrected chi connectivity index (χ4v) is 3.54. The number of rotatable bonds is 5. The van der Waals surface area contributed by atoms with Gasteiger partial charge in [-0.05, 0) is 18.2 Å². The maximum absolute atomic E-state index is 13.2. The molecule has 3 aromatic carbocycles. The van der Waals surface area contributed by atoms with Gasteiger partial charge in [-0.15, -0.1) is 0 Å². The summed E-state index contributed by atoms with van der Waals surface area (Å²) < 4.78 is 6.00. The van der Waals surface area contributed by atoms with Crippen molar-refractivity contribution in [3.05, 3.63) is 109 Å². The smallest absolute Gasteiger partial charge is 0.270 e. The standard InChI is InChI=1S/C23H14ClNO5/c24-19-12-15(25(28)29)10-11-16(19)20(26)13-18-22(27)17-8-4-5-9-21(17)30-23(18)14-6-2-1-3-7-14/h1-12H,13H2. The molecule has 30 heavy (non-hydrogen) atoms. The first kappa shape index (κ1) is 19.5. The first-order valence-electron chi connectivity index (χ1n) is 9.03. The van der Waals surface area contributed by atoms with Crippen LogP contribution in [0.15, 0.2) is 82.0 Å². The number of carbonyl (C=O) groups excluding carboxylic acids is 1. The first-order valence-corrected chi connectivity index (χ1v) is 9.41. The van der Waals surface area contributed by atoms with Crippen LogP contribution in [0.2, 0.25) is 5.02 Å². The third-order valence-corrected chi connectivity index (χ3v) is 5.04. The number of nitrogens with zero attached hydrogens (tertiary/aromatic N) is 1. The Labute approximate surface area is 175 Å². The van der Waals surface area contributed by atoms with Gasteiger partial charge in [0.2, 0.25) is 0 Å². The summed E-state index contributed by atoms with van der Waals surface area (Å²) in [6, 6.07) is 19.5. The molecule has 0 aliphatic carbocycles. The molecule has 0 atom stereocenters. The zero-order valence-corrected chi connectivity index (χ0v) is 16.3. The minimum Gasteiger partial charge on any atom is -0.456 e. The molecule has 0 saturated carbocycles. The first-order chi connectivity index (χ1) is 14.5. The van der Waals surface area contributed by atoms with Crippen LogP contribution in [-0.4, -0.2) is 10.7 Å². The number of hydrogen-bond acceptors (Lipinski definition) is 5. The Morgan fingerprint density at radius 2 is 1.70 bits per heavy atom. The largest absolute Gasteiger partial charge is 0.456 e. The zero-order chi connectivity index (χ0) is 21.3. The molecule has 0 unspecified atom stereocenters. The molecule has 0 aliphatic heterocycles. The summed E-state index contributed by atoms with van der Waals surface area (Å²) in [4.78, 5) is 36.4. The van der Waals surface area contributed by atoms with E-state index in [0.717, 1.165) is 6.07 Å². The van der Waals surface area contributed by atoms with E-state index in [9.17, 15) is 19.7 Å². The lowest BCUT2D eigenvalue weighted by molar-refractivity contribution is -0.384. The fourth-order valence-electron chi connectivity index (χ4n) is 3.26. The Kier molecular flexibility index (Phi) is 5.16. The average molecular weight is 420 g/mol. The molecule has 148 valence electrons. The van der Waals surface area contributed by atoms with Gasteiger partial charge in [0.1, 0.15) is 11.3 Å². The van der Waals surface area contributed by atoms with Crippen LogP contribution < -0.4 is 5.43 Å². The Hall–Kier alpha value is -3.77. The van der Waals surface area contributed by atoms with Gasteiger partial charge in [0.25, 0.3) is 5.69 Å². The molecule has 0 radical (unpaired) electrons. The van der Waals surface area contributed by atoms with Crippen LogP contribution in [0.25, 0.3) is 22.3 Å². The van der Waals surface area contributed by atoms with Gasteiger partial charge < -0.3 is 4.42 Å². The second-order valence-corrected chi connectivity index (χ2v) is 7.03. The number of non-ortho nitro benzene ring substituents is 1. The number of para-hydroxylation sites is 1. The highest BCUT2D eigenvalue weighted by molar-refractivity contribution is 6.34. The van der Waals surface area contributed by atoms with Crippen LogP contribution in [0.4, 0.5) is 5.69 Å². The molecule has 0 amide bonds. The maximum atomic E-state index is 13.2. The molecule has 4 aromatic rings. The van der Waals surface area contributed by atoms with E-state index in [1.807, 2.05) is 18.2 Å². The van der Waals surface area contributed by atoms with Crippen molar-refractivity contribution in [2.45, 2.75) is 6.42 Å². The molecule has 1 heterocycles. The third kappa shape index (κ3) is 3.60. The minimum absolute atomic E-state index is 0.0411. The molecule has 0 N–H and O–H groups in total. The second-order valence-electron chi connectivity index (χ2n) is 6.62. The van der Waals surface area contributed by atoms with E-state index < -0.39 is 10.7 Å². The number of halogens is 1. The summed E-state index contributed by atoms with van der Waals surface area (Å²) in [6.45, 7) is 0. The third-order valence-electron chi connectivity index (χ3n) is 4.73. The number of benzene rings is 3. The van der Waals surface area contributed by atoms with E-state index in [1.165, 1.54) is 12.1 Å². The van der Waals surface area contributed by atoms with Gasteiger partial charge in [-0.25, -0.2) is 0 Å². The molecule has 0 spiro atoms. The van der Waals surface area contributed by atoms with Gasteiger partial charge in [0, 0.05) is 29.7 Å². The Morgan fingerprint density at radius 3 is 2.40 bits per heavy atom. The zero-order valence-electron chi connectivity index (χ0n) is 15.5. The average Bonchev–Trinajstić information content (AvgIpc) is 2.76. The number of nitro groups is 1. The van der Waals surface area contributed by atoms with E-state index in [4.69, 9.17) is 16.0 Å². The van der Waals surface area contributed by atoms with Gasteiger partial charge in [-0.2, -0.15) is 0 Å². The summed E-state index contributed by atoms with van der Waals surface area (Å²) in [6.07, 6.45) is -0.255. The number of fused-ring (bicyclic) bond motifs is 1. The van der Waals surface area contributed by atoms with Gasteiger partial charge in [-0.3, -0.25) is 19.7 Å². The van der Waals surface area contributed by atoms with Crippen molar-refractivity contribution in [2.24, 2.45) is 0 Å². The molecule has 7 heteroatoms. The van der Waals surface area contributed by atoms with E-state index in [2.05, 4.69) is 0 Å². The normalized spacial score (nSPS) is 10.8. The van der Waals surface area contributed by atoms with Gasteiger partial charge >= 0.3 is 0 Å². The quantitative estimate of drug-likeness (QED) is 0.244. The Bertz CT molecular complexity index is 1350. The van der Waals surface area contributed by atoms with Crippen LogP contribution in [0.3, 0.4) is 0 Å². The predicted molar refractivity (Wildman–Crippen MR) is 114 cm³/mol. The highest BCUT2D eigenvalue weighted by Crippen LogP contribution is 2.28. The van der Waals surface area contributed by atoms with E-state index in [-0.39, 0.29) is 33.7 Å². The number of carbonyl (C=O) groups is 1. The van der Waals surface area contributed by atoms with Crippen LogP contribution >= 0.6 is 11.6 Å². The molecule has 0 saturated heterocycles. The SMILES string of the molecule is O=C(Cc1c(-c2ccccc2)oc2ccccc2c1=O)c1ccc([N+](=O)[O-])cc1Cl. The highest BCUT2D eigenvalue weighted by Gasteiger charge is 2.21. The molecule has 4 rings (SSSR count). The monoisotopic (exact) mass is 419 g/mol. The summed E-state index contributed by atoms with van der Waals surface area (Å²) in [5, 5.41) is 11.2. The topological polar surface area (TPSA) is 90.4 Å². The van der Waals surface area contributed by atoms with Crippen LogP contribution in [0, 0.1) is 10.1 Å². The van der Waals surface area contributed by atoms with Gasteiger partial charge in [0.15, 0.2) is 11.2 Å². The molecule has 0 fully saturated rings. The lowest BCUT2D eigenvalue weighted by Gasteiger charge is -2.10. The summed E-state index contributed by atoms with van der Waals surface area (Å²) in [7, 11) is 0. The predicted octanol–water partition coefficient (Wildman–Crippen LogP) is 5.45. The van der Waals surface area contributed by atoms with Crippen molar-refractivity contribution in [3.63, 3.8) is 0 Å². The summed E-state index contributed by atoms with van der Waals surface area (Å²) in [5.41, 5.74) is 0.880. The van der Waals surface area contributed by atoms with Crippen molar-refractivity contribution < 1.29 is 14.1 Å². The van der Waals surface area contributed by atoms with E-state index >= 15 is 0 Å². The number of hydrogen-bond donors (Lipinski definition) is 0. The molecule has 0 bridgehead atoms. The lowest BCUT2D eigenvalue weighted by atomic mass is 9.97. The maximum Gasteiger partial charge on any atom is 0.270 e. The van der Waals surface area contributed by atoms with E-state index in [1.54, 1.807) is 36.4 Å². The molecule has 1 aromatic heterocycles. The number of ketones is 1. The molecular weight excluding hydrogens is 406 g/mol. The van der Waals surface area contributed by atoms with Crippen molar-refractivity contribution >= 4 is 34.0 Å². The van der Waals surface area contributed by atoms with Gasteiger partial charge in [-0.1, -0.05) is 54.1 Å². The Balaban J connectivity index is 1.84. The van der Waals surface area contributed by atoms with Crippen LogP contribution in [0.5, 0.6) is 0 Å². The van der Waals surface area contributed by atoms with Crippen molar-refractivity contribution in [2.75, 3.05) is 0 Å². The minimum atomic E-state index is -0.592. The lowest BCUT2D eigenvalue weighted by Crippen LogP contribution is -2.16. The number of nitro benzene ring substituents is 1. The molecule has 6 nitrogen and oxygen atoms in total. The fraction of sp³-hybridized carbons (Fsp3) is 0.0435. The van der Waals surface area contributed by atoms with E-state index in [0.29, 0.717) is 22.3 Å². The summed E-state index contributed by atoms with van der Waals surface area (Å²) >= 11 is 6.10. The van der Waals surface area contributed by atoms with Gasteiger partial charge in [0.05, 0.1) is 20.9 Å². The number of Topliss-reactive ketones (excluding diaryl/α,β-unsaturated/α-hetero) is 1. The highest BCUT2D eigenvalue weighted by atomic mass is 35.5. The van der Waals surface area contributed by atoms with Crippen molar-refractivity contribution in [1.82, 2.24) is 0 Å². The molecular formula is C23H14ClNO5. The van der Waals surface area contributed by atoms with Crippen LogP contribution in [-0.2, 0) is 6.42 Å². The van der Waals surface area contributed by atoms with Crippen molar-refractivity contribution in [3.8, 4) is 11.3 Å². The molecule has 0 aliphatic rings. The second kappa shape index (κ2) is 7.93.